The maximum absolute atomic E-state index is 12.7. The maximum atomic E-state index is 12.7. The van der Waals surface area contributed by atoms with Crippen LogP contribution in [0.5, 0.6) is 11.6 Å². The fraction of sp³-hybridized carbons (Fsp3) is 0.267. The highest BCUT2D eigenvalue weighted by atomic mass is 19.4. The Balaban J connectivity index is 2.39. The van der Waals surface area contributed by atoms with Crippen molar-refractivity contribution in [1.29, 1.82) is 0 Å². The fourth-order valence-electron chi connectivity index (χ4n) is 1.76. The topological polar surface area (TPSA) is 48.1 Å². The van der Waals surface area contributed by atoms with E-state index in [1.807, 2.05) is 19.9 Å². The molecule has 21 heavy (non-hydrogen) atoms. The van der Waals surface area contributed by atoms with Crippen LogP contribution in [0.2, 0.25) is 0 Å². The number of nitrogens with two attached hydrogens (primary N) is 1. The molecule has 1 heterocycles. The van der Waals surface area contributed by atoms with E-state index in [0.717, 1.165) is 17.2 Å². The van der Waals surface area contributed by atoms with Gasteiger partial charge in [-0.1, -0.05) is 12.1 Å². The number of nitrogens with zero attached hydrogens (tertiary/aromatic N) is 1. The summed E-state index contributed by atoms with van der Waals surface area (Å²) in [7, 11) is 0. The van der Waals surface area contributed by atoms with Crippen molar-refractivity contribution in [3.63, 3.8) is 0 Å². The summed E-state index contributed by atoms with van der Waals surface area (Å²) in [6.45, 7) is 3.88. The summed E-state index contributed by atoms with van der Waals surface area (Å²) in [5.41, 5.74) is 6.98. The third-order valence-corrected chi connectivity index (χ3v) is 3.14. The van der Waals surface area contributed by atoms with E-state index < -0.39 is 11.9 Å². The molecular weight excluding hydrogens is 281 g/mol. The molecule has 0 aliphatic rings. The van der Waals surface area contributed by atoms with Crippen LogP contribution in [0.15, 0.2) is 30.3 Å². The van der Waals surface area contributed by atoms with Crippen molar-refractivity contribution < 1.29 is 17.9 Å². The van der Waals surface area contributed by atoms with Gasteiger partial charge in [0.1, 0.15) is 11.4 Å². The average molecular weight is 296 g/mol. The van der Waals surface area contributed by atoms with Gasteiger partial charge in [-0.15, -0.1) is 0 Å². The molecule has 0 saturated carbocycles. The largest absolute Gasteiger partial charge is 0.439 e. The van der Waals surface area contributed by atoms with Gasteiger partial charge >= 0.3 is 6.18 Å². The standard InChI is InChI=1S/C15H15F3N2O/c1-9-3-5-12(7-10(9)2)21-14-11(8-19)4-6-13(20-14)15(16,17)18/h3-7H,8,19H2,1-2H3. The molecule has 0 fully saturated rings. The fourth-order valence-corrected chi connectivity index (χ4v) is 1.76. The van der Waals surface area contributed by atoms with E-state index >= 15 is 0 Å². The highest BCUT2D eigenvalue weighted by Gasteiger charge is 2.33. The van der Waals surface area contributed by atoms with Crippen LogP contribution in [0.3, 0.4) is 0 Å². The number of aryl methyl sites for hydroxylation is 2. The number of benzene rings is 1. The quantitative estimate of drug-likeness (QED) is 0.932. The SMILES string of the molecule is Cc1ccc(Oc2nc(C(F)(F)F)ccc2CN)cc1C. The van der Waals surface area contributed by atoms with Gasteiger partial charge in [-0.2, -0.15) is 13.2 Å². The van der Waals surface area contributed by atoms with Gasteiger partial charge in [0.05, 0.1) is 0 Å². The van der Waals surface area contributed by atoms with Gasteiger partial charge < -0.3 is 10.5 Å². The molecule has 3 nitrogen and oxygen atoms in total. The van der Waals surface area contributed by atoms with Crippen molar-refractivity contribution in [2.75, 3.05) is 0 Å². The second-order valence-electron chi connectivity index (χ2n) is 4.71. The zero-order chi connectivity index (χ0) is 15.6. The molecule has 0 spiro atoms. The number of ether oxygens (including phenoxy) is 1. The second-order valence-corrected chi connectivity index (χ2v) is 4.71. The number of rotatable bonds is 3. The Morgan fingerprint density at radius 1 is 1.10 bits per heavy atom. The Hall–Kier alpha value is -2.08. The number of hydrogen-bond donors (Lipinski definition) is 1. The Bertz CT molecular complexity index is 654. The smallest absolute Gasteiger partial charge is 0.433 e. The minimum atomic E-state index is -4.52. The lowest BCUT2D eigenvalue weighted by Crippen LogP contribution is -2.10. The number of alkyl halides is 3. The van der Waals surface area contributed by atoms with E-state index in [4.69, 9.17) is 10.5 Å². The van der Waals surface area contributed by atoms with Gasteiger partial charge in [0.2, 0.25) is 5.88 Å². The predicted octanol–water partition coefficient (Wildman–Crippen LogP) is 3.97. The molecule has 2 N–H and O–H groups in total. The van der Waals surface area contributed by atoms with Gasteiger partial charge in [-0.3, -0.25) is 0 Å². The molecule has 6 heteroatoms. The van der Waals surface area contributed by atoms with Crippen molar-refractivity contribution in [1.82, 2.24) is 4.98 Å². The minimum absolute atomic E-state index is 0.0469. The summed E-state index contributed by atoms with van der Waals surface area (Å²) < 4.78 is 43.6. The van der Waals surface area contributed by atoms with Crippen LogP contribution < -0.4 is 10.5 Å². The molecule has 112 valence electrons. The van der Waals surface area contributed by atoms with Gasteiger partial charge in [-0.05, 0) is 43.2 Å². The lowest BCUT2D eigenvalue weighted by atomic mass is 10.1. The Morgan fingerprint density at radius 3 is 2.38 bits per heavy atom. The number of pyridine rings is 1. The molecule has 0 aliphatic heterocycles. The monoisotopic (exact) mass is 296 g/mol. The Morgan fingerprint density at radius 2 is 1.81 bits per heavy atom. The van der Waals surface area contributed by atoms with E-state index in [-0.39, 0.29) is 12.4 Å². The molecule has 1 aromatic carbocycles. The lowest BCUT2D eigenvalue weighted by molar-refractivity contribution is -0.141. The van der Waals surface area contributed by atoms with Crippen LogP contribution in [0.25, 0.3) is 0 Å². The number of hydrogen-bond acceptors (Lipinski definition) is 3. The van der Waals surface area contributed by atoms with Crippen LogP contribution >= 0.6 is 0 Å². The molecule has 0 radical (unpaired) electrons. The summed E-state index contributed by atoms with van der Waals surface area (Å²) >= 11 is 0. The highest BCUT2D eigenvalue weighted by Crippen LogP contribution is 2.32. The molecule has 1 aromatic heterocycles. The predicted molar refractivity (Wildman–Crippen MR) is 73.1 cm³/mol. The number of halogens is 3. The Kier molecular flexibility index (Phi) is 4.18. The van der Waals surface area contributed by atoms with Crippen LogP contribution in [0.1, 0.15) is 22.4 Å². The minimum Gasteiger partial charge on any atom is -0.439 e. The van der Waals surface area contributed by atoms with E-state index in [2.05, 4.69) is 4.98 Å². The van der Waals surface area contributed by atoms with E-state index in [1.165, 1.54) is 6.07 Å². The van der Waals surface area contributed by atoms with Crippen molar-refractivity contribution in [2.45, 2.75) is 26.6 Å². The first-order chi connectivity index (χ1) is 9.81. The normalized spacial score (nSPS) is 11.5. The molecule has 0 unspecified atom stereocenters. The first-order valence-electron chi connectivity index (χ1n) is 6.33. The summed E-state index contributed by atoms with van der Waals surface area (Å²) in [6.07, 6.45) is -4.52. The van der Waals surface area contributed by atoms with E-state index in [1.54, 1.807) is 12.1 Å². The van der Waals surface area contributed by atoms with Crippen molar-refractivity contribution >= 4 is 0 Å². The van der Waals surface area contributed by atoms with Crippen LogP contribution in [0, 0.1) is 13.8 Å². The van der Waals surface area contributed by atoms with Gasteiger partial charge in [0, 0.05) is 12.1 Å². The van der Waals surface area contributed by atoms with Gasteiger partial charge in [-0.25, -0.2) is 4.98 Å². The molecule has 2 aromatic rings. The first kappa shape index (κ1) is 15.3. The third-order valence-electron chi connectivity index (χ3n) is 3.14. The maximum Gasteiger partial charge on any atom is 0.433 e. The van der Waals surface area contributed by atoms with Gasteiger partial charge in [0.15, 0.2) is 0 Å². The molecule has 0 bridgehead atoms. The Labute approximate surface area is 120 Å². The van der Waals surface area contributed by atoms with Crippen molar-refractivity contribution in [3.8, 4) is 11.6 Å². The van der Waals surface area contributed by atoms with Crippen LogP contribution in [0.4, 0.5) is 13.2 Å². The molecule has 0 saturated heterocycles. The third kappa shape index (κ3) is 3.52. The lowest BCUT2D eigenvalue weighted by Gasteiger charge is -2.13. The van der Waals surface area contributed by atoms with Crippen LogP contribution in [-0.2, 0) is 12.7 Å². The average Bonchev–Trinajstić information content (AvgIpc) is 2.42. The summed E-state index contributed by atoms with van der Waals surface area (Å²) in [5, 5.41) is 0. The highest BCUT2D eigenvalue weighted by molar-refractivity contribution is 5.38. The molecule has 2 rings (SSSR count). The number of aromatic nitrogens is 1. The van der Waals surface area contributed by atoms with Crippen LogP contribution in [-0.4, -0.2) is 4.98 Å². The second kappa shape index (κ2) is 5.73. The van der Waals surface area contributed by atoms with E-state index in [9.17, 15) is 13.2 Å². The summed E-state index contributed by atoms with van der Waals surface area (Å²) in [5.74, 6) is 0.315. The zero-order valence-electron chi connectivity index (χ0n) is 11.7. The first-order valence-corrected chi connectivity index (χ1v) is 6.33. The summed E-state index contributed by atoms with van der Waals surface area (Å²) in [6, 6.07) is 7.45. The van der Waals surface area contributed by atoms with E-state index in [0.29, 0.717) is 11.3 Å². The molecule has 0 aliphatic carbocycles. The zero-order valence-corrected chi connectivity index (χ0v) is 11.7. The molecule has 0 atom stereocenters. The molecular formula is C15H15F3N2O. The van der Waals surface area contributed by atoms with Gasteiger partial charge in [0.25, 0.3) is 0 Å². The van der Waals surface area contributed by atoms with Crippen molar-refractivity contribution in [3.05, 3.63) is 52.7 Å². The van der Waals surface area contributed by atoms with Crippen molar-refractivity contribution in [2.24, 2.45) is 5.73 Å². The summed E-state index contributed by atoms with van der Waals surface area (Å²) in [4.78, 5) is 3.53. The molecule has 0 amide bonds.